The van der Waals surface area contributed by atoms with Gasteiger partial charge in [-0.15, -0.1) is 11.3 Å². The number of fused-ring (bicyclic) bond motifs is 1. The average molecular weight is 425 g/mol. The van der Waals surface area contributed by atoms with Crippen molar-refractivity contribution in [3.63, 3.8) is 0 Å². The van der Waals surface area contributed by atoms with Gasteiger partial charge in [0.25, 0.3) is 0 Å². The SMILES string of the molecule is Clc1ccc(C(Br)c2cc3c(cc2Br)OCCO3)s1. The quantitative estimate of drug-likeness (QED) is 0.600. The summed E-state index contributed by atoms with van der Waals surface area (Å²) in [6.07, 6.45) is 0. The summed E-state index contributed by atoms with van der Waals surface area (Å²) in [6.45, 7) is 1.18. The summed E-state index contributed by atoms with van der Waals surface area (Å²) >= 11 is 14.8. The van der Waals surface area contributed by atoms with Crippen molar-refractivity contribution in [2.45, 2.75) is 4.83 Å². The highest BCUT2D eigenvalue weighted by atomic mass is 79.9. The number of alkyl halides is 1. The normalized spacial score (nSPS) is 15.3. The van der Waals surface area contributed by atoms with Crippen molar-refractivity contribution in [1.29, 1.82) is 0 Å². The number of hydrogen-bond donors (Lipinski definition) is 0. The Hall–Kier alpha value is -0.230. The van der Waals surface area contributed by atoms with E-state index in [-0.39, 0.29) is 4.83 Å². The van der Waals surface area contributed by atoms with Crippen LogP contribution in [0.1, 0.15) is 15.3 Å². The Labute approximate surface area is 136 Å². The van der Waals surface area contributed by atoms with Crippen molar-refractivity contribution in [3.05, 3.63) is 43.5 Å². The van der Waals surface area contributed by atoms with E-state index in [1.807, 2.05) is 24.3 Å². The predicted octanol–water partition coefficient (Wildman–Crippen LogP) is 5.42. The van der Waals surface area contributed by atoms with E-state index in [1.54, 1.807) is 11.3 Å². The first-order chi connectivity index (χ1) is 9.15. The summed E-state index contributed by atoms with van der Waals surface area (Å²) in [7, 11) is 0. The first-order valence-electron chi connectivity index (χ1n) is 5.63. The maximum atomic E-state index is 5.99. The second kappa shape index (κ2) is 5.64. The molecule has 0 bridgehead atoms. The fourth-order valence-electron chi connectivity index (χ4n) is 1.89. The molecule has 2 heterocycles. The zero-order valence-corrected chi connectivity index (χ0v) is 14.4. The number of benzene rings is 1. The topological polar surface area (TPSA) is 18.5 Å². The van der Waals surface area contributed by atoms with Crippen LogP contribution in [-0.4, -0.2) is 13.2 Å². The van der Waals surface area contributed by atoms with Gasteiger partial charge in [-0.1, -0.05) is 43.5 Å². The molecule has 3 rings (SSSR count). The first-order valence-corrected chi connectivity index (χ1v) is 8.54. The maximum Gasteiger partial charge on any atom is 0.162 e. The van der Waals surface area contributed by atoms with Crippen LogP contribution in [0.2, 0.25) is 4.34 Å². The van der Waals surface area contributed by atoms with E-state index in [0.717, 1.165) is 30.7 Å². The average Bonchev–Trinajstić information content (AvgIpc) is 2.84. The molecule has 0 saturated heterocycles. The summed E-state index contributed by atoms with van der Waals surface area (Å²) in [5.74, 6) is 1.57. The van der Waals surface area contributed by atoms with Crippen LogP contribution in [-0.2, 0) is 0 Å². The highest BCUT2D eigenvalue weighted by Crippen LogP contribution is 2.44. The molecule has 19 heavy (non-hydrogen) atoms. The molecule has 0 aliphatic carbocycles. The van der Waals surface area contributed by atoms with Crippen molar-refractivity contribution >= 4 is 54.8 Å². The summed E-state index contributed by atoms with van der Waals surface area (Å²) in [5.41, 5.74) is 1.10. The molecule has 0 radical (unpaired) electrons. The second-order valence-corrected chi connectivity index (χ2v) is 7.54. The third-order valence-corrected chi connectivity index (χ3v) is 6.05. The van der Waals surface area contributed by atoms with Crippen LogP contribution in [0.3, 0.4) is 0 Å². The van der Waals surface area contributed by atoms with Crippen molar-refractivity contribution in [3.8, 4) is 11.5 Å². The lowest BCUT2D eigenvalue weighted by atomic mass is 10.1. The Kier molecular flexibility index (Phi) is 4.08. The Morgan fingerprint density at radius 1 is 1.16 bits per heavy atom. The maximum absolute atomic E-state index is 5.99. The summed E-state index contributed by atoms with van der Waals surface area (Å²) < 4.78 is 13.0. The summed E-state index contributed by atoms with van der Waals surface area (Å²) in [5, 5.41) is 0. The van der Waals surface area contributed by atoms with Gasteiger partial charge >= 0.3 is 0 Å². The van der Waals surface area contributed by atoms with E-state index in [0.29, 0.717) is 13.2 Å². The van der Waals surface area contributed by atoms with Crippen molar-refractivity contribution < 1.29 is 9.47 Å². The number of hydrogen-bond acceptors (Lipinski definition) is 3. The van der Waals surface area contributed by atoms with Gasteiger partial charge < -0.3 is 9.47 Å². The van der Waals surface area contributed by atoms with Gasteiger partial charge in [0.1, 0.15) is 13.2 Å². The lowest BCUT2D eigenvalue weighted by Crippen LogP contribution is -2.15. The van der Waals surface area contributed by atoms with E-state index in [9.17, 15) is 0 Å². The van der Waals surface area contributed by atoms with Gasteiger partial charge in [-0.05, 0) is 29.8 Å². The van der Waals surface area contributed by atoms with Gasteiger partial charge in [0.15, 0.2) is 11.5 Å². The van der Waals surface area contributed by atoms with Crippen molar-refractivity contribution in [2.75, 3.05) is 13.2 Å². The molecule has 0 saturated carbocycles. The standard InChI is InChI=1S/C13H9Br2ClO2S/c14-8-6-10-9(17-3-4-18-10)5-7(8)13(15)11-1-2-12(16)19-11/h1-2,5-6,13H,3-4H2. The minimum absolute atomic E-state index is 0.0789. The number of rotatable bonds is 2. The van der Waals surface area contributed by atoms with Crippen LogP contribution in [0.4, 0.5) is 0 Å². The molecule has 2 nitrogen and oxygen atoms in total. The fraction of sp³-hybridized carbons (Fsp3) is 0.231. The second-order valence-electron chi connectivity index (χ2n) is 4.02. The Bertz CT molecular complexity index is 615. The van der Waals surface area contributed by atoms with E-state index < -0.39 is 0 Å². The Morgan fingerprint density at radius 3 is 2.47 bits per heavy atom. The fourth-order valence-corrected chi connectivity index (χ4v) is 4.62. The molecule has 0 fully saturated rings. The van der Waals surface area contributed by atoms with Gasteiger partial charge in [0.2, 0.25) is 0 Å². The molecule has 0 amide bonds. The smallest absolute Gasteiger partial charge is 0.162 e. The lowest BCUT2D eigenvalue weighted by Gasteiger charge is -2.21. The molecule has 1 aliphatic rings. The van der Waals surface area contributed by atoms with Gasteiger partial charge in [0, 0.05) is 9.35 Å². The molecule has 0 spiro atoms. The van der Waals surface area contributed by atoms with Gasteiger partial charge in [-0.25, -0.2) is 0 Å². The number of thiophene rings is 1. The Balaban J connectivity index is 2.00. The van der Waals surface area contributed by atoms with Crippen molar-refractivity contribution in [1.82, 2.24) is 0 Å². The van der Waals surface area contributed by atoms with Gasteiger partial charge in [0.05, 0.1) is 9.16 Å². The molecule has 0 N–H and O–H groups in total. The predicted molar refractivity (Wildman–Crippen MR) is 85.2 cm³/mol. The third-order valence-electron chi connectivity index (χ3n) is 2.78. The number of ether oxygens (including phenoxy) is 2. The van der Waals surface area contributed by atoms with Crippen LogP contribution in [0.5, 0.6) is 11.5 Å². The van der Waals surface area contributed by atoms with Gasteiger partial charge in [-0.3, -0.25) is 0 Å². The third kappa shape index (κ3) is 2.79. The molecule has 1 unspecified atom stereocenters. The molecular weight excluding hydrogens is 415 g/mol. The largest absolute Gasteiger partial charge is 0.486 e. The van der Waals surface area contributed by atoms with Crippen LogP contribution >= 0.6 is 54.8 Å². The van der Waals surface area contributed by atoms with Crippen molar-refractivity contribution in [2.24, 2.45) is 0 Å². The molecule has 2 aromatic rings. The van der Waals surface area contributed by atoms with E-state index in [1.165, 1.54) is 0 Å². The van der Waals surface area contributed by atoms with E-state index in [2.05, 4.69) is 31.9 Å². The van der Waals surface area contributed by atoms with Crippen LogP contribution < -0.4 is 9.47 Å². The molecule has 1 aromatic carbocycles. The molecule has 1 aromatic heterocycles. The zero-order valence-electron chi connectivity index (χ0n) is 9.66. The number of halogens is 3. The van der Waals surface area contributed by atoms with Gasteiger partial charge in [-0.2, -0.15) is 0 Å². The highest BCUT2D eigenvalue weighted by Gasteiger charge is 2.21. The van der Waals surface area contributed by atoms with Crippen LogP contribution in [0, 0.1) is 0 Å². The molecule has 1 aliphatic heterocycles. The minimum atomic E-state index is 0.0789. The first kappa shape index (κ1) is 13.7. The highest BCUT2D eigenvalue weighted by molar-refractivity contribution is 9.11. The lowest BCUT2D eigenvalue weighted by molar-refractivity contribution is 0.171. The summed E-state index contributed by atoms with van der Waals surface area (Å²) in [4.78, 5) is 1.23. The van der Waals surface area contributed by atoms with Crippen LogP contribution in [0.15, 0.2) is 28.7 Å². The van der Waals surface area contributed by atoms with E-state index in [4.69, 9.17) is 21.1 Å². The Morgan fingerprint density at radius 2 is 1.84 bits per heavy atom. The van der Waals surface area contributed by atoms with E-state index >= 15 is 0 Å². The molecule has 6 heteroatoms. The van der Waals surface area contributed by atoms with Crippen LogP contribution in [0.25, 0.3) is 0 Å². The molecule has 100 valence electrons. The molecule has 1 atom stereocenters. The minimum Gasteiger partial charge on any atom is -0.486 e. The molecular formula is C13H9Br2ClO2S. The zero-order chi connectivity index (χ0) is 13.4. The monoisotopic (exact) mass is 422 g/mol. The summed E-state index contributed by atoms with van der Waals surface area (Å²) in [6, 6.07) is 7.89.